The third-order valence-electron chi connectivity index (χ3n) is 4.66. The van der Waals surface area contributed by atoms with Crippen LogP contribution in [-0.2, 0) is 6.54 Å². The maximum absolute atomic E-state index is 14.8. The first-order valence-corrected chi connectivity index (χ1v) is 8.16. The number of ether oxygens (including phenoxy) is 1. The molecule has 0 unspecified atom stereocenters. The van der Waals surface area contributed by atoms with Crippen LogP contribution in [0.15, 0.2) is 29.5 Å². The Morgan fingerprint density at radius 2 is 1.96 bits per heavy atom. The summed E-state index contributed by atoms with van der Waals surface area (Å²) in [6.45, 7) is 1.32. The van der Waals surface area contributed by atoms with Crippen LogP contribution in [0, 0.1) is 11.6 Å². The number of aromatic nitrogens is 4. The summed E-state index contributed by atoms with van der Waals surface area (Å²) < 4.78 is 36.3. The van der Waals surface area contributed by atoms with Crippen molar-refractivity contribution in [2.45, 2.75) is 13.0 Å². The lowest BCUT2D eigenvalue weighted by Gasteiger charge is -2.30. The number of rotatable bonds is 2. The minimum atomic E-state index is -0.731. The predicted octanol–water partition coefficient (Wildman–Crippen LogP) is 2.86. The van der Waals surface area contributed by atoms with E-state index in [0.717, 1.165) is 36.5 Å². The van der Waals surface area contributed by atoms with Crippen LogP contribution in [0.25, 0.3) is 11.3 Å². The highest BCUT2D eigenvalue weighted by Crippen LogP contribution is 2.41. The van der Waals surface area contributed by atoms with Crippen molar-refractivity contribution in [1.82, 2.24) is 20.0 Å². The number of fused-ring (bicyclic) bond motifs is 2. The quantitative estimate of drug-likeness (QED) is 0.766. The number of aryl methyl sites for hydroxylation is 1. The molecule has 0 atom stereocenters. The largest absolute Gasteiger partial charge is 0.497 e. The van der Waals surface area contributed by atoms with Gasteiger partial charge in [-0.3, -0.25) is 5.10 Å². The molecule has 0 amide bonds. The lowest BCUT2D eigenvalue weighted by Crippen LogP contribution is -2.39. The van der Waals surface area contributed by atoms with E-state index in [-0.39, 0.29) is 17.1 Å². The molecule has 0 aliphatic carbocycles. The highest BCUT2D eigenvalue weighted by atomic mass is 19.1. The van der Waals surface area contributed by atoms with Gasteiger partial charge in [0, 0.05) is 25.2 Å². The van der Waals surface area contributed by atoms with Gasteiger partial charge in [-0.05, 0) is 6.42 Å². The fourth-order valence-electron chi connectivity index (χ4n) is 3.50. The van der Waals surface area contributed by atoms with E-state index in [9.17, 15) is 8.78 Å². The summed E-state index contributed by atoms with van der Waals surface area (Å²) >= 11 is 0. The molecule has 0 spiro atoms. The summed E-state index contributed by atoms with van der Waals surface area (Å²) in [5.74, 6) is -0.388. The van der Waals surface area contributed by atoms with E-state index < -0.39 is 11.6 Å². The summed E-state index contributed by atoms with van der Waals surface area (Å²) in [6, 6.07) is 2.31. The molecule has 0 saturated heterocycles. The van der Waals surface area contributed by atoms with Gasteiger partial charge in [0.2, 0.25) is 0 Å². The summed E-state index contributed by atoms with van der Waals surface area (Å²) in [7, 11) is 1.37. The van der Waals surface area contributed by atoms with Gasteiger partial charge in [-0.25, -0.2) is 18.5 Å². The van der Waals surface area contributed by atoms with Crippen LogP contribution in [0.4, 0.5) is 20.3 Å². The third kappa shape index (κ3) is 2.00. The average Bonchev–Trinajstić information content (AvgIpc) is 3.23. The molecule has 1 aromatic carbocycles. The highest BCUT2D eigenvalue weighted by molar-refractivity contribution is 6.14. The monoisotopic (exact) mass is 356 g/mol. The second-order valence-corrected chi connectivity index (χ2v) is 6.14. The van der Waals surface area contributed by atoms with E-state index in [1.807, 2.05) is 9.58 Å². The van der Waals surface area contributed by atoms with E-state index in [4.69, 9.17) is 4.74 Å². The van der Waals surface area contributed by atoms with Crippen molar-refractivity contribution in [2.24, 2.45) is 4.99 Å². The molecule has 1 N–H and O–H groups in total. The first-order valence-electron chi connectivity index (χ1n) is 8.16. The zero-order chi connectivity index (χ0) is 17.8. The van der Waals surface area contributed by atoms with E-state index in [1.54, 1.807) is 6.20 Å². The summed E-state index contributed by atoms with van der Waals surface area (Å²) in [4.78, 5) is 6.36. The molecule has 9 heteroatoms. The highest BCUT2D eigenvalue weighted by Gasteiger charge is 2.33. The molecule has 3 aromatic rings. The standard InChI is InChI=1S/C17H14F2N6O/c1-26-9-5-11(18)14(12(19)6-9)16-22-13-8-20-23-15(13)10-7-21-25-4-2-3-24(16)17(10)25/h5-8H,2-4H2,1H3,(H,20,23). The first-order chi connectivity index (χ1) is 12.7. The van der Waals surface area contributed by atoms with Crippen molar-refractivity contribution in [2.75, 3.05) is 18.6 Å². The number of benzene rings is 1. The van der Waals surface area contributed by atoms with Crippen LogP contribution in [0.3, 0.4) is 0 Å². The van der Waals surface area contributed by atoms with Gasteiger partial charge < -0.3 is 9.64 Å². The van der Waals surface area contributed by atoms with E-state index in [1.165, 1.54) is 13.3 Å². The Morgan fingerprint density at radius 3 is 2.73 bits per heavy atom. The van der Waals surface area contributed by atoms with Crippen molar-refractivity contribution in [1.29, 1.82) is 0 Å². The lowest BCUT2D eigenvalue weighted by molar-refractivity contribution is 0.406. The summed E-state index contributed by atoms with van der Waals surface area (Å²) in [5.41, 5.74) is 1.81. The van der Waals surface area contributed by atoms with Gasteiger partial charge in [-0.1, -0.05) is 0 Å². The number of nitrogens with one attached hydrogen (secondary N) is 1. The predicted molar refractivity (Wildman–Crippen MR) is 90.9 cm³/mol. The van der Waals surface area contributed by atoms with Crippen LogP contribution in [0.2, 0.25) is 0 Å². The van der Waals surface area contributed by atoms with Gasteiger partial charge in [-0.2, -0.15) is 10.2 Å². The van der Waals surface area contributed by atoms with Crippen LogP contribution in [0.1, 0.15) is 12.0 Å². The van der Waals surface area contributed by atoms with Crippen LogP contribution in [-0.4, -0.2) is 39.5 Å². The molecule has 132 valence electrons. The van der Waals surface area contributed by atoms with E-state index in [2.05, 4.69) is 20.3 Å². The SMILES string of the molecule is COc1cc(F)c(C2=Nc3cn[nH]c3-c3cnn4c3N2CCC4)c(F)c1. The molecule has 2 aromatic heterocycles. The number of aliphatic imine (C=N–C) groups is 1. The van der Waals surface area contributed by atoms with E-state index >= 15 is 0 Å². The van der Waals surface area contributed by atoms with Gasteiger partial charge in [0.25, 0.3) is 0 Å². The third-order valence-corrected chi connectivity index (χ3v) is 4.66. The minimum absolute atomic E-state index is 0.117. The number of aromatic amines is 1. The number of hydrogen-bond donors (Lipinski definition) is 1. The lowest BCUT2D eigenvalue weighted by atomic mass is 10.1. The van der Waals surface area contributed by atoms with Gasteiger partial charge in [0.15, 0.2) is 0 Å². The molecule has 4 heterocycles. The van der Waals surface area contributed by atoms with Gasteiger partial charge in [-0.15, -0.1) is 0 Å². The normalized spacial score (nSPS) is 15.2. The van der Waals surface area contributed by atoms with E-state index in [0.29, 0.717) is 17.9 Å². The van der Waals surface area contributed by atoms with Gasteiger partial charge in [0.05, 0.1) is 36.3 Å². The van der Waals surface area contributed by atoms with Crippen LogP contribution in [0.5, 0.6) is 5.75 Å². The molecule has 0 saturated carbocycles. The number of nitrogens with zero attached hydrogens (tertiary/aromatic N) is 5. The number of halogens is 2. The number of amidine groups is 1. The Kier molecular flexibility index (Phi) is 3.12. The molecule has 2 aliphatic rings. The number of methoxy groups -OCH3 is 1. The molecule has 7 nitrogen and oxygen atoms in total. The van der Waals surface area contributed by atoms with Crippen LogP contribution >= 0.6 is 0 Å². The van der Waals surface area contributed by atoms with Crippen molar-refractivity contribution in [3.63, 3.8) is 0 Å². The maximum atomic E-state index is 14.8. The Morgan fingerprint density at radius 1 is 1.15 bits per heavy atom. The fraction of sp³-hybridized carbons (Fsp3) is 0.235. The summed E-state index contributed by atoms with van der Waals surface area (Å²) in [5, 5.41) is 11.3. The molecule has 2 aliphatic heterocycles. The van der Waals surface area contributed by atoms with Gasteiger partial charge in [0.1, 0.15) is 34.7 Å². The van der Waals surface area contributed by atoms with Gasteiger partial charge >= 0.3 is 0 Å². The topological polar surface area (TPSA) is 71.3 Å². The Balaban J connectivity index is 1.79. The molecular formula is C17H14F2N6O. The molecule has 0 bridgehead atoms. The Labute approximate surface area is 146 Å². The number of H-pyrrole nitrogens is 1. The second kappa shape index (κ2) is 5.38. The van der Waals surface area contributed by atoms with Crippen molar-refractivity contribution >= 4 is 17.3 Å². The molecular weight excluding hydrogens is 342 g/mol. The summed E-state index contributed by atoms with van der Waals surface area (Å²) in [6.07, 6.45) is 4.06. The fourth-order valence-corrected chi connectivity index (χ4v) is 3.50. The average molecular weight is 356 g/mol. The van der Waals surface area contributed by atoms with Crippen molar-refractivity contribution < 1.29 is 13.5 Å². The molecule has 0 fully saturated rings. The first kappa shape index (κ1) is 15.1. The van der Waals surface area contributed by atoms with Crippen LogP contribution < -0.4 is 9.64 Å². The second-order valence-electron chi connectivity index (χ2n) is 6.14. The smallest absolute Gasteiger partial charge is 0.148 e. The number of anilines is 1. The van der Waals surface area contributed by atoms with Crippen molar-refractivity contribution in [3.8, 4) is 17.0 Å². The Hall–Kier alpha value is -3.23. The zero-order valence-electron chi connectivity index (χ0n) is 13.8. The Bertz CT molecular complexity index is 1030. The molecule has 5 rings (SSSR count). The maximum Gasteiger partial charge on any atom is 0.148 e. The molecule has 26 heavy (non-hydrogen) atoms. The zero-order valence-corrected chi connectivity index (χ0v) is 13.8. The minimum Gasteiger partial charge on any atom is -0.497 e. The molecule has 0 radical (unpaired) electrons. The number of hydrogen-bond acceptors (Lipinski definition) is 5. The van der Waals surface area contributed by atoms with Crippen molar-refractivity contribution in [3.05, 3.63) is 41.7 Å².